The van der Waals surface area contributed by atoms with E-state index in [0.29, 0.717) is 6.42 Å². The normalized spacial score (nSPS) is 17.5. The molecule has 0 spiro atoms. The number of fused-ring (bicyclic) bond motifs is 1. The molecule has 142 valence electrons. The van der Waals surface area contributed by atoms with Gasteiger partial charge >= 0.3 is 0 Å². The van der Waals surface area contributed by atoms with Crippen molar-refractivity contribution >= 4 is 28.9 Å². The smallest absolute Gasteiger partial charge is 0.224 e. The van der Waals surface area contributed by atoms with Crippen LogP contribution in [0.3, 0.4) is 0 Å². The summed E-state index contributed by atoms with van der Waals surface area (Å²) in [6.45, 7) is 5.44. The number of benzene rings is 2. The maximum absolute atomic E-state index is 11.5. The van der Waals surface area contributed by atoms with Crippen molar-refractivity contribution < 1.29 is 4.79 Å². The maximum atomic E-state index is 11.5. The van der Waals surface area contributed by atoms with Crippen molar-refractivity contribution in [2.75, 3.05) is 42.9 Å². The molecule has 0 bridgehead atoms. The highest BCUT2D eigenvalue weighted by Crippen LogP contribution is 2.24. The fourth-order valence-corrected chi connectivity index (χ4v) is 4.19. The van der Waals surface area contributed by atoms with Crippen LogP contribution in [0.25, 0.3) is 0 Å². The van der Waals surface area contributed by atoms with Gasteiger partial charge in [0.2, 0.25) is 5.91 Å². The number of hydrogen-bond donors (Lipinski definition) is 1. The third-order valence-corrected chi connectivity index (χ3v) is 5.79. The molecule has 1 fully saturated rings. The number of amides is 1. The van der Waals surface area contributed by atoms with Gasteiger partial charge in [-0.1, -0.05) is 29.8 Å². The van der Waals surface area contributed by atoms with Crippen LogP contribution in [-0.4, -0.2) is 43.5 Å². The molecule has 2 aromatic rings. The molecule has 0 radical (unpaired) electrons. The largest absolute Gasteiger partial charge is 0.369 e. The Kier molecular flexibility index (Phi) is 5.65. The van der Waals surface area contributed by atoms with Gasteiger partial charge in [-0.15, -0.1) is 0 Å². The zero-order valence-corrected chi connectivity index (χ0v) is 16.3. The Morgan fingerprint density at radius 1 is 1.00 bits per heavy atom. The Balaban J connectivity index is 1.23. The molecular formula is C22H26ClN3O. The van der Waals surface area contributed by atoms with Gasteiger partial charge in [0.1, 0.15) is 0 Å². The van der Waals surface area contributed by atoms with Crippen LogP contribution in [0.1, 0.15) is 24.0 Å². The molecule has 4 rings (SSSR count). The van der Waals surface area contributed by atoms with Gasteiger partial charge in [-0.2, -0.15) is 0 Å². The fourth-order valence-electron chi connectivity index (χ4n) is 4.00. The second-order valence-electron chi connectivity index (χ2n) is 7.45. The lowest BCUT2D eigenvalue weighted by molar-refractivity contribution is -0.116. The van der Waals surface area contributed by atoms with Crippen molar-refractivity contribution in [3.8, 4) is 0 Å². The number of halogens is 1. The summed E-state index contributed by atoms with van der Waals surface area (Å²) in [5.41, 5.74) is 4.88. The average Bonchev–Trinajstić information content (AvgIpc) is 2.68. The molecule has 2 aliphatic rings. The second kappa shape index (κ2) is 8.32. The van der Waals surface area contributed by atoms with Crippen LogP contribution >= 0.6 is 11.6 Å². The van der Waals surface area contributed by atoms with E-state index in [1.165, 1.54) is 23.2 Å². The average molecular weight is 384 g/mol. The first kappa shape index (κ1) is 18.3. The lowest BCUT2D eigenvalue weighted by Gasteiger charge is -2.36. The summed E-state index contributed by atoms with van der Waals surface area (Å²) in [5, 5.41) is 3.76. The molecular weight excluding hydrogens is 358 g/mol. The number of hydrogen-bond acceptors (Lipinski definition) is 3. The van der Waals surface area contributed by atoms with Gasteiger partial charge in [0.05, 0.1) is 0 Å². The summed E-state index contributed by atoms with van der Waals surface area (Å²) < 4.78 is 0. The summed E-state index contributed by atoms with van der Waals surface area (Å²) in [6, 6.07) is 14.6. The molecule has 1 N–H and O–H groups in total. The third-order valence-electron chi connectivity index (χ3n) is 5.55. The van der Waals surface area contributed by atoms with Crippen LogP contribution in [0.4, 0.5) is 11.4 Å². The topological polar surface area (TPSA) is 35.6 Å². The van der Waals surface area contributed by atoms with Gasteiger partial charge in [-0.3, -0.25) is 9.69 Å². The summed E-state index contributed by atoms with van der Waals surface area (Å²) in [4.78, 5) is 16.4. The van der Waals surface area contributed by atoms with Gasteiger partial charge in [0.25, 0.3) is 0 Å². The van der Waals surface area contributed by atoms with Crippen LogP contribution in [-0.2, 0) is 17.6 Å². The van der Waals surface area contributed by atoms with Gasteiger partial charge in [-0.25, -0.2) is 0 Å². The molecule has 0 unspecified atom stereocenters. The molecule has 0 atom stereocenters. The molecule has 4 nitrogen and oxygen atoms in total. The highest BCUT2D eigenvalue weighted by Gasteiger charge is 2.17. The van der Waals surface area contributed by atoms with E-state index in [1.54, 1.807) is 0 Å². The van der Waals surface area contributed by atoms with E-state index in [4.69, 9.17) is 11.6 Å². The van der Waals surface area contributed by atoms with Crippen LogP contribution in [0, 0.1) is 0 Å². The molecule has 2 aromatic carbocycles. The van der Waals surface area contributed by atoms with Crippen molar-refractivity contribution in [3.05, 3.63) is 58.6 Å². The molecule has 0 aliphatic carbocycles. The number of nitrogens with one attached hydrogen (secondary N) is 1. The zero-order valence-electron chi connectivity index (χ0n) is 15.6. The van der Waals surface area contributed by atoms with E-state index >= 15 is 0 Å². The molecule has 2 aliphatic heterocycles. The summed E-state index contributed by atoms with van der Waals surface area (Å²) in [5.74, 6) is 0.132. The van der Waals surface area contributed by atoms with E-state index < -0.39 is 0 Å². The van der Waals surface area contributed by atoms with E-state index in [1.807, 2.05) is 12.1 Å². The van der Waals surface area contributed by atoms with Crippen LogP contribution in [0.15, 0.2) is 42.5 Å². The molecule has 1 saturated heterocycles. The minimum absolute atomic E-state index is 0.132. The predicted molar refractivity (Wildman–Crippen MR) is 112 cm³/mol. The first-order chi connectivity index (χ1) is 13.2. The quantitative estimate of drug-likeness (QED) is 0.848. The highest BCUT2D eigenvalue weighted by atomic mass is 35.5. The molecule has 5 heteroatoms. The van der Waals surface area contributed by atoms with E-state index in [2.05, 4.69) is 45.4 Å². The van der Waals surface area contributed by atoms with Crippen molar-refractivity contribution in [3.63, 3.8) is 0 Å². The Labute approximate surface area is 166 Å². The molecule has 0 aromatic heterocycles. The van der Waals surface area contributed by atoms with E-state index in [-0.39, 0.29) is 5.91 Å². The molecule has 1 amide bonds. The number of carbonyl (C=O) groups excluding carboxylic acids is 1. The standard InChI is InChI=1S/C22H26ClN3O/c23-19-4-1-5-20(16-19)26-13-11-25(12-14-26)10-2-3-17-6-8-21-18(15-17)7-9-22(27)24-21/h1,4-6,8,15-16H,2-3,7,9-14H2,(H,24,27). The number of aryl methyl sites for hydroxylation is 2. The minimum Gasteiger partial charge on any atom is -0.369 e. The van der Waals surface area contributed by atoms with E-state index in [0.717, 1.165) is 56.3 Å². The van der Waals surface area contributed by atoms with Crippen molar-refractivity contribution in [2.24, 2.45) is 0 Å². The van der Waals surface area contributed by atoms with Crippen LogP contribution in [0.2, 0.25) is 5.02 Å². The Morgan fingerprint density at radius 2 is 1.85 bits per heavy atom. The van der Waals surface area contributed by atoms with Crippen LogP contribution < -0.4 is 10.2 Å². The minimum atomic E-state index is 0.132. The number of piperazine rings is 1. The first-order valence-corrected chi connectivity index (χ1v) is 10.2. The van der Waals surface area contributed by atoms with Crippen molar-refractivity contribution in [1.82, 2.24) is 4.90 Å². The maximum Gasteiger partial charge on any atom is 0.224 e. The number of nitrogens with zero attached hydrogens (tertiary/aromatic N) is 2. The SMILES string of the molecule is O=C1CCc2cc(CCCN3CCN(c4cccc(Cl)c4)CC3)ccc2N1. The molecule has 27 heavy (non-hydrogen) atoms. The van der Waals surface area contributed by atoms with Crippen LogP contribution in [0.5, 0.6) is 0 Å². The first-order valence-electron chi connectivity index (χ1n) is 9.82. The highest BCUT2D eigenvalue weighted by molar-refractivity contribution is 6.30. The summed E-state index contributed by atoms with van der Waals surface area (Å²) in [6.07, 6.45) is 3.73. The second-order valence-corrected chi connectivity index (χ2v) is 7.89. The van der Waals surface area contributed by atoms with Crippen molar-refractivity contribution in [1.29, 1.82) is 0 Å². The van der Waals surface area contributed by atoms with E-state index in [9.17, 15) is 4.79 Å². The number of rotatable bonds is 5. The molecule has 2 heterocycles. The number of carbonyl (C=O) groups is 1. The van der Waals surface area contributed by atoms with Gasteiger partial charge < -0.3 is 10.2 Å². The Bertz CT molecular complexity index is 815. The predicted octanol–water partition coefficient (Wildman–Crippen LogP) is 3.98. The van der Waals surface area contributed by atoms with Gasteiger partial charge in [0, 0.05) is 49.0 Å². The summed E-state index contributed by atoms with van der Waals surface area (Å²) >= 11 is 6.11. The number of anilines is 2. The zero-order chi connectivity index (χ0) is 18.6. The Morgan fingerprint density at radius 3 is 2.67 bits per heavy atom. The summed E-state index contributed by atoms with van der Waals surface area (Å²) in [7, 11) is 0. The lowest BCUT2D eigenvalue weighted by atomic mass is 9.98. The Hall–Kier alpha value is -2.04. The fraction of sp³-hybridized carbons (Fsp3) is 0.409. The van der Waals surface area contributed by atoms with Crippen molar-refractivity contribution in [2.45, 2.75) is 25.7 Å². The van der Waals surface area contributed by atoms with Gasteiger partial charge in [0.15, 0.2) is 0 Å². The van der Waals surface area contributed by atoms with Gasteiger partial charge in [-0.05, 0) is 61.2 Å². The molecule has 0 saturated carbocycles. The lowest BCUT2D eigenvalue weighted by Crippen LogP contribution is -2.46. The monoisotopic (exact) mass is 383 g/mol. The third kappa shape index (κ3) is 4.63.